The van der Waals surface area contributed by atoms with E-state index >= 15 is 0 Å². The minimum Gasteiger partial charge on any atom is -0.364 e. The Morgan fingerprint density at radius 2 is 2.24 bits per heavy atom. The quantitative estimate of drug-likeness (QED) is 0.804. The van der Waals surface area contributed by atoms with Crippen LogP contribution in [0.25, 0.3) is 0 Å². The van der Waals surface area contributed by atoms with Crippen LogP contribution in [0.2, 0.25) is 0 Å². The van der Waals surface area contributed by atoms with E-state index in [4.69, 9.17) is 0 Å². The maximum atomic E-state index is 11.8. The predicted octanol–water partition coefficient (Wildman–Crippen LogP) is 1.02. The van der Waals surface area contributed by atoms with Crippen LogP contribution in [-0.4, -0.2) is 40.6 Å². The maximum Gasteiger partial charge on any atom is 0.293 e. The predicted molar refractivity (Wildman–Crippen MR) is 70.4 cm³/mol. The molecule has 0 saturated carbocycles. The maximum absolute atomic E-state index is 11.8. The minimum absolute atomic E-state index is 0.0535. The number of nitrogens with one attached hydrogen (secondary N) is 1. The van der Waals surface area contributed by atoms with Gasteiger partial charge in [0, 0.05) is 38.1 Å². The van der Waals surface area contributed by atoms with Crippen LogP contribution in [0.5, 0.6) is 0 Å². The van der Waals surface area contributed by atoms with Crippen LogP contribution in [0.15, 0.2) is 17.2 Å². The molecule has 0 spiro atoms. The number of likely N-dealkylation sites (N-methyl/N-ethyl adjacent to an activating group) is 1. The van der Waals surface area contributed by atoms with Crippen molar-refractivity contribution in [2.24, 2.45) is 0 Å². The molecule has 0 saturated heterocycles. The Kier molecular flexibility index (Phi) is 5.15. The zero-order chi connectivity index (χ0) is 12.8. The van der Waals surface area contributed by atoms with Gasteiger partial charge in [-0.05, 0) is 27.8 Å². The van der Waals surface area contributed by atoms with Gasteiger partial charge in [-0.25, -0.2) is 4.98 Å². The number of aromatic nitrogens is 2. The second-order valence-corrected chi connectivity index (χ2v) is 4.37. The number of nitrogens with zero attached hydrogens (tertiary/aromatic N) is 3. The second kappa shape index (κ2) is 6.39. The van der Waals surface area contributed by atoms with Crippen molar-refractivity contribution in [1.82, 2.24) is 14.5 Å². The number of hydrogen-bond acceptors (Lipinski definition) is 4. The molecule has 1 rings (SSSR count). The third kappa shape index (κ3) is 3.85. The van der Waals surface area contributed by atoms with Gasteiger partial charge in [-0.3, -0.25) is 4.79 Å². The molecule has 1 heterocycles. The van der Waals surface area contributed by atoms with E-state index in [0.29, 0.717) is 18.4 Å². The van der Waals surface area contributed by atoms with E-state index in [9.17, 15) is 4.79 Å². The van der Waals surface area contributed by atoms with Gasteiger partial charge >= 0.3 is 0 Å². The van der Waals surface area contributed by atoms with Crippen molar-refractivity contribution in [3.05, 3.63) is 22.7 Å². The highest BCUT2D eigenvalue weighted by Gasteiger charge is 2.05. The summed E-state index contributed by atoms with van der Waals surface area (Å²) in [6.07, 6.45) is 3.35. The zero-order valence-corrected chi connectivity index (χ0v) is 11.1. The van der Waals surface area contributed by atoms with E-state index in [2.05, 4.69) is 36.1 Å². The van der Waals surface area contributed by atoms with Gasteiger partial charge in [0.1, 0.15) is 0 Å². The standard InChI is InChI=1S/C12H22N4O/c1-5-16-9-7-14-11(12(16)17)13-6-8-15(4)10(2)3/h7,9-10H,5-6,8H2,1-4H3,(H,13,14). The monoisotopic (exact) mass is 238 g/mol. The fourth-order valence-corrected chi connectivity index (χ4v) is 1.43. The Balaban J connectivity index is 2.55. The third-order valence-corrected chi connectivity index (χ3v) is 2.89. The number of rotatable bonds is 6. The summed E-state index contributed by atoms with van der Waals surface area (Å²) in [7, 11) is 2.06. The summed E-state index contributed by atoms with van der Waals surface area (Å²) in [5.41, 5.74) is -0.0535. The van der Waals surface area contributed by atoms with Crippen LogP contribution in [0.4, 0.5) is 5.82 Å². The second-order valence-electron chi connectivity index (χ2n) is 4.37. The molecule has 0 radical (unpaired) electrons. The van der Waals surface area contributed by atoms with Crippen molar-refractivity contribution in [3.8, 4) is 0 Å². The fourth-order valence-electron chi connectivity index (χ4n) is 1.43. The van der Waals surface area contributed by atoms with Crippen LogP contribution in [0.1, 0.15) is 20.8 Å². The Labute approximate surface area is 102 Å². The Morgan fingerprint density at radius 1 is 1.53 bits per heavy atom. The summed E-state index contributed by atoms with van der Waals surface area (Å²) < 4.78 is 1.64. The minimum atomic E-state index is -0.0535. The summed E-state index contributed by atoms with van der Waals surface area (Å²) in [6.45, 7) is 8.51. The van der Waals surface area contributed by atoms with Gasteiger partial charge in [0.05, 0.1) is 0 Å². The molecule has 17 heavy (non-hydrogen) atoms. The van der Waals surface area contributed by atoms with E-state index < -0.39 is 0 Å². The van der Waals surface area contributed by atoms with Crippen molar-refractivity contribution in [3.63, 3.8) is 0 Å². The van der Waals surface area contributed by atoms with Crippen LogP contribution in [-0.2, 0) is 6.54 Å². The number of aryl methyl sites for hydroxylation is 1. The first kappa shape index (κ1) is 13.7. The number of anilines is 1. The first-order valence-corrected chi connectivity index (χ1v) is 6.05. The molecule has 0 aliphatic heterocycles. The lowest BCUT2D eigenvalue weighted by atomic mass is 10.3. The molecular formula is C12H22N4O. The molecule has 5 nitrogen and oxygen atoms in total. The smallest absolute Gasteiger partial charge is 0.293 e. The molecule has 0 fully saturated rings. The van der Waals surface area contributed by atoms with Gasteiger partial charge in [-0.15, -0.1) is 0 Å². The van der Waals surface area contributed by atoms with Crippen molar-refractivity contribution in [2.75, 3.05) is 25.5 Å². The molecular weight excluding hydrogens is 216 g/mol. The molecule has 1 N–H and O–H groups in total. The Bertz CT molecular complexity index is 400. The molecule has 0 bridgehead atoms. The Hall–Kier alpha value is -1.36. The lowest BCUT2D eigenvalue weighted by Crippen LogP contribution is -2.32. The first-order chi connectivity index (χ1) is 8.06. The molecule has 5 heteroatoms. The van der Waals surface area contributed by atoms with Crippen molar-refractivity contribution < 1.29 is 0 Å². The van der Waals surface area contributed by atoms with E-state index in [1.165, 1.54) is 0 Å². The average Bonchev–Trinajstić information content (AvgIpc) is 2.31. The normalized spacial score (nSPS) is 11.2. The van der Waals surface area contributed by atoms with Gasteiger partial charge in [0.2, 0.25) is 0 Å². The summed E-state index contributed by atoms with van der Waals surface area (Å²) in [5, 5.41) is 3.09. The molecule has 0 unspecified atom stereocenters. The molecule has 0 atom stereocenters. The number of hydrogen-bond donors (Lipinski definition) is 1. The Morgan fingerprint density at radius 3 is 2.82 bits per heavy atom. The highest BCUT2D eigenvalue weighted by Crippen LogP contribution is 1.95. The van der Waals surface area contributed by atoms with E-state index in [1.807, 2.05) is 6.92 Å². The third-order valence-electron chi connectivity index (χ3n) is 2.89. The van der Waals surface area contributed by atoms with Crippen LogP contribution in [0.3, 0.4) is 0 Å². The van der Waals surface area contributed by atoms with Crippen LogP contribution < -0.4 is 10.9 Å². The molecule has 0 amide bonds. The molecule has 0 aromatic carbocycles. The average molecular weight is 238 g/mol. The van der Waals surface area contributed by atoms with Gasteiger partial charge in [0.15, 0.2) is 5.82 Å². The lowest BCUT2D eigenvalue weighted by Gasteiger charge is -2.20. The van der Waals surface area contributed by atoms with Gasteiger partial charge in [-0.2, -0.15) is 0 Å². The van der Waals surface area contributed by atoms with Crippen molar-refractivity contribution >= 4 is 5.82 Å². The van der Waals surface area contributed by atoms with Gasteiger partial charge in [0.25, 0.3) is 5.56 Å². The first-order valence-electron chi connectivity index (χ1n) is 6.05. The highest BCUT2D eigenvalue weighted by atomic mass is 16.1. The fraction of sp³-hybridized carbons (Fsp3) is 0.667. The summed E-state index contributed by atoms with van der Waals surface area (Å²) in [5.74, 6) is 0.437. The van der Waals surface area contributed by atoms with E-state index in [0.717, 1.165) is 13.1 Å². The van der Waals surface area contributed by atoms with Crippen LogP contribution >= 0.6 is 0 Å². The summed E-state index contributed by atoms with van der Waals surface area (Å²) in [6, 6.07) is 0.507. The van der Waals surface area contributed by atoms with E-state index in [1.54, 1.807) is 17.0 Å². The van der Waals surface area contributed by atoms with Gasteiger partial charge < -0.3 is 14.8 Å². The molecule has 1 aromatic rings. The SMILES string of the molecule is CCn1ccnc(NCCN(C)C(C)C)c1=O. The largest absolute Gasteiger partial charge is 0.364 e. The van der Waals surface area contributed by atoms with Gasteiger partial charge in [-0.1, -0.05) is 0 Å². The summed E-state index contributed by atoms with van der Waals surface area (Å²) in [4.78, 5) is 18.1. The summed E-state index contributed by atoms with van der Waals surface area (Å²) >= 11 is 0. The molecule has 0 aliphatic rings. The molecule has 0 aliphatic carbocycles. The zero-order valence-electron chi connectivity index (χ0n) is 11.1. The van der Waals surface area contributed by atoms with Crippen molar-refractivity contribution in [2.45, 2.75) is 33.4 Å². The van der Waals surface area contributed by atoms with Crippen molar-refractivity contribution in [1.29, 1.82) is 0 Å². The molecule has 96 valence electrons. The lowest BCUT2D eigenvalue weighted by molar-refractivity contribution is 0.284. The highest BCUT2D eigenvalue weighted by molar-refractivity contribution is 5.30. The van der Waals surface area contributed by atoms with E-state index in [-0.39, 0.29) is 5.56 Å². The topological polar surface area (TPSA) is 50.2 Å². The molecule has 1 aromatic heterocycles. The van der Waals surface area contributed by atoms with Crippen LogP contribution in [0, 0.1) is 0 Å².